The van der Waals surface area contributed by atoms with Gasteiger partial charge < -0.3 is 19.1 Å². The maximum atomic E-state index is 13.7. The number of rotatable bonds is 11. The van der Waals surface area contributed by atoms with Gasteiger partial charge in [-0.05, 0) is 43.3 Å². The van der Waals surface area contributed by atoms with E-state index in [9.17, 15) is 22.9 Å². The quantitative estimate of drug-likeness (QED) is 0.164. The topological polar surface area (TPSA) is 144 Å². The number of nitrogens with zero attached hydrogens (tertiary/aromatic N) is 3. The van der Waals surface area contributed by atoms with E-state index in [1.807, 2.05) is 0 Å². The monoisotopic (exact) mass is 567 g/mol. The van der Waals surface area contributed by atoms with Crippen LogP contribution in [0.3, 0.4) is 0 Å². The van der Waals surface area contributed by atoms with Crippen molar-refractivity contribution < 1.29 is 32.3 Å². The Morgan fingerprint density at radius 2 is 1.89 bits per heavy atom. The van der Waals surface area contributed by atoms with E-state index < -0.39 is 27.2 Å². The third kappa shape index (κ3) is 6.40. The van der Waals surface area contributed by atoms with Crippen molar-refractivity contribution in [2.75, 3.05) is 20.3 Å². The number of carboxylic acid groups (broad SMARTS) is 1. The Morgan fingerprint density at radius 3 is 2.63 bits per heavy atom. The zero-order chi connectivity index (χ0) is 26.6. The van der Waals surface area contributed by atoms with Crippen LogP contribution in [0.25, 0.3) is 11.0 Å². The molecular formula is C25H26N3NaO7S2. The van der Waals surface area contributed by atoms with Gasteiger partial charge in [-0.25, -0.2) is 13.2 Å². The fourth-order valence-corrected chi connectivity index (χ4v) is 6.78. The molecule has 0 amide bonds. The predicted octanol–water partition coefficient (Wildman–Crippen LogP) is 2.75. The maximum absolute atomic E-state index is 13.7. The van der Waals surface area contributed by atoms with Crippen LogP contribution in [0.15, 0.2) is 70.8 Å². The van der Waals surface area contributed by atoms with Crippen LogP contribution in [0.5, 0.6) is 5.75 Å². The molecule has 0 bridgehead atoms. The van der Waals surface area contributed by atoms with Gasteiger partial charge >= 0.3 is 40.7 Å². The number of imidazole rings is 1. The molecule has 0 aliphatic rings. The average Bonchev–Trinajstić information content (AvgIpc) is 3.29. The summed E-state index contributed by atoms with van der Waals surface area (Å²) in [4.78, 5) is 19.9. The zero-order valence-electron chi connectivity index (χ0n) is 20.2. The van der Waals surface area contributed by atoms with Gasteiger partial charge in [0.1, 0.15) is 5.75 Å². The molecule has 196 valence electrons. The molecule has 0 saturated heterocycles. The number of fused-ring (bicyclic) bond motifs is 1. The van der Waals surface area contributed by atoms with Gasteiger partial charge in [-0.15, -0.1) is 0 Å². The van der Waals surface area contributed by atoms with Crippen LogP contribution < -0.4 is 4.74 Å². The third-order valence-corrected chi connectivity index (χ3v) is 8.62. The first-order valence-electron chi connectivity index (χ1n) is 11.2. The second-order valence-corrected chi connectivity index (χ2v) is 11.2. The van der Waals surface area contributed by atoms with E-state index in [2.05, 4.69) is 9.97 Å². The van der Waals surface area contributed by atoms with Crippen LogP contribution in [0.1, 0.15) is 28.0 Å². The summed E-state index contributed by atoms with van der Waals surface area (Å²) in [5, 5.41) is 9.14. The molecule has 0 radical (unpaired) electrons. The Balaban J connectivity index is 0.00000400. The summed E-state index contributed by atoms with van der Waals surface area (Å²) < 4.78 is 52.7. The van der Waals surface area contributed by atoms with Gasteiger partial charge in [0.05, 0.1) is 33.8 Å². The Kier molecular flexibility index (Phi) is 10.4. The Labute approximate surface area is 245 Å². The molecule has 2 heterocycles. The van der Waals surface area contributed by atoms with E-state index in [1.165, 1.54) is 18.2 Å². The van der Waals surface area contributed by atoms with E-state index in [-0.39, 0.29) is 56.4 Å². The molecule has 13 heteroatoms. The number of ether oxygens (including phenoxy) is 2. The number of benzene rings is 2. The van der Waals surface area contributed by atoms with E-state index in [1.54, 1.807) is 50.6 Å². The molecule has 4 rings (SSSR count). The van der Waals surface area contributed by atoms with Crippen LogP contribution in [0.2, 0.25) is 0 Å². The molecule has 1 atom stereocenters. The Hall–Kier alpha value is -2.45. The number of carbonyl (C=O) groups is 1. The Morgan fingerprint density at radius 1 is 1.13 bits per heavy atom. The summed E-state index contributed by atoms with van der Waals surface area (Å²) in [6, 6.07) is 13.2. The molecule has 2 aromatic carbocycles. The minimum atomic E-state index is -4.34. The van der Waals surface area contributed by atoms with Crippen molar-refractivity contribution in [2.45, 2.75) is 29.1 Å². The van der Waals surface area contributed by atoms with Crippen molar-refractivity contribution in [1.29, 1.82) is 0 Å². The van der Waals surface area contributed by atoms with Gasteiger partial charge in [0.25, 0.3) is 10.0 Å². The van der Waals surface area contributed by atoms with Crippen molar-refractivity contribution in [3.8, 4) is 5.75 Å². The average molecular weight is 568 g/mol. The number of aromatic carboxylic acids is 1. The minimum absolute atomic E-state index is 0. The standard InChI is InChI=1S/C25H25N3O7S2.Na.H/c1-17-21(26-12-11-23(17)35-14-6-13-34-2)16-36(31)25-27-20-9-3-4-10-22(20)28(25)37(32,33)19-8-5-7-18(15-19)24(29)30;;/h3-5,7-12,15H,6,13-14,16H2,1-2H3,(H,29,30);;. The molecule has 2 aromatic heterocycles. The van der Waals surface area contributed by atoms with Crippen molar-refractivity contribution in [3.63, 3.8) is 0 Å². The van der Waals surface area contributed by atoms with Crippen molar-refractivity contribution in [1.82, 2.24) is 13.9 Å². The molecule has 4 aromatic rings. The van der Waals surface area contributed by atoms with Crippen molar-refractivity contribution in [3.05, 3.63) is 77.6 Å². The van der Waals surface area contributed by atoms with Crippen molar-refractivity contribution in [2.24, 2.45) is 0 Å². The molecule has 0 spiro atoms. The van der Waals surface area contributed by atoms with Gasteiger partial charge in [0.15, 0.2) is 5.75 Å². The molecule has 0 saturated carbocycles. The molecule has 0 aliphatic heterocycles. The molecule has 38 heavy (non-hydrogen) atoms. The predicted molar refractivity (Wildman–Crippen MR) is 144 cm³/mol. The summed E-state index contributed by atoms with van der Waals surface area (Å²) in [6.07, 6.45) is 2.24. The van der Waals surface area contributed by atoms with Gasteiger partial charge in [0.2, 0.25) is 0 Å². The van der Waals surface area contributed by atoms with E-state index in [4.69, 9.17) is 9.47 Å². The van der Waals surface area contributed by atoms with E-state index >= 15 is 0 Å². The van der Waals surface area contributed by atoms with E-state index in [0.717, 1.165) is 10.0 Å². The fourth-order valence-electron chi connectivity index (χ4n) is 3.69. The summed E-state index contributed by atoms with van der Waals surface area (Å²) in [6.45, 7) is 2.79. The summed E-state index contributed by atoms with van der Waals surface area (Å²) in [7, 11) is -2.73. The number of hydrogen-bond donors (Lipinski definition) is 1. The number of carboxylic acids is 1. The summed E-state index contributed by atoms with van der Waals surface area (Å²) >= 11 is -1.92. The number of aromatic nitrogens is 3. The normalized spacial score (nSPS) is 12.2. The van der Waals surface area contributed by atoms with Crippen LogP contribution in [-0.2, 0) is 31.7 Å². The zero-order valence-corrected chi connectivity index (χ0v) is 21.8. The second kappa shape index (κ2) is 13.1. The first kappa shape index (κ1) is 30.1. The van der Waals surface area contributed by atoms with Crippen LogP contribution in [-0.4, -0.2) is 87.9 Å². The van der Waals surface area contributed by atoms with Gasteiger partial charge in [-0.3, -0.25) is 4.98 Å². The molecule has 10 nitrogen and oxygen atoms in total. The fraction of sp³-hybridized carbons (Fsp3) is 0.240. The molecule has 0 fully saturated rings. The van der Waals surface area contributed by atoms with E-state index in [0.29, 0.717) is 42.2 Å². The van der Waals surface area contributed by atoms with Crippen molar-refractivity contribution >= 4 is 67.8 Å². The molecular weight excluding hydrogens is 541 g/mol. The van der Waals surface area contributed by atoms with Gasteiger partial charge in [-0.1, -0.05) is 18.2 Å². The number of hydrogen-bond acceptors (Lipinski definition) is 8. The van der Waals surface area contributed by atoms with Gasteiger partial charge in [0, 0.05) is 43.1 Å². The third-order valence-electron chi connectivity index (χ3n) is 5.59. The number of para-hydroxylation sites is 2. The number of pyridine rings is 1. The summed E-state index contributed by atoms with van der Waals surface area (Å²) in [5.41, 5.74) is 1.55. The molecule has 1 unspecified atom stereocenters. The Bertz CT molecular complexity index is 1540. The summed E-state index contributed by atoms with van der Waals surface area (Å²) in [5.74, 6) is -0.776. The first-order chi connectivity index (χ1) is 17.7. The first-order valence-corrected chi connectivity index (χ1v) is 14.0. The number of methoxy groups -OCH3 is 1. The van der Waals surface area contributed by atoms with Crippen LogP contribution in [0.4, 0.5) is 0 Å². The van der Waals surface area contributed by atoms with Crippen LogP contribution >= 0.6 is 0 Å². The second-order valence-electron chi connectivity index (χ2n) is 8.05. The van der Waals surface area contributed by atoms with Crippen LogP contribution in [0, 0.1) is 6.92 Å². The van der Waals surface area contributed by atoms with Gasteiger partial charge in [-0.2, -0.15) is 8.96 Å². The molecule has 1 N–H and O–H groups in total. The molecule has 0 aliphatic carbocycles. The SMILES string of the molecule is COCCCOc1ccnc(C[S+]([O-])c2nc3ccccc3n2S(=O)(=O)c2cccc(C(=O)O)c2)c1C.[NaH].